The monoisotopic (exact) mass is 227 g/mol. The lowest BCUT2D eigenvalue weighted by Gasteiger charge is -2.44. The first-order valence-electron chi connectivity index (χ1n) is 6.46. The highest BCUT2D eigenvalue weighted by Gasteiger charge is 2.37. The fourth-order valence-electron chi connectivity index (χ4n) is 2.52. The molecule has 16 heavy (non-hydrogen) atoms. The van der Waals surface area contributed by atoms with E-state index in [9.17, 15) is 0 Å². The predicted octanol–water partition coefficient (Wildman–Crippen LogP) is 2.17. The van der Waals surface area contributed by atoms with Crippen molar-refractivity contribution >= 4 is 0 Å². The Kier molecular flexibility index (Phi) is 3.57. The normalized spacial score (nSPS) is 36.2. The van der Waals surface area contributed by atoms with Crippen molar-refractivity contribution in [2.75, 3.05) is 26.4 Å². The van der Waals surface area contributed by atoms with E-state index in [2.05, 4.69) is 26.1 Å². The summed E-state index contributed by atoms with van der Waals surface area (Å²) >= 11 is 0. The zero-order valence-corrected chi connectivity index (χ0v) is 10.8. The van der Waals surface area contributed by atoms with Crippen LogP contribution in [0.1, 0.15) is 40.0 Å². The van der Waals surface area contributed by atoms with E-state index >= 15 is 0 Å². The molecular weight excluding hydrogens is 202 g/mol. The lowest BCUT2D eigenvalue weighted by Crippen LogP contribution is -2.56. The third kappa shape index (κ3) is 3.19. The van der Waals surface area contributed by atoms with Crippen LogP contribution in [-0.4, -0.2) is 32.1 Å². The number of rotatable bonds is 2. The van der Waals surface area contributed by atoms with Crippen LogP contribution < -0.4 is 5.32 Å². The summed E-state index contributed by atoms with van der Waals surface area (Å²) in [6.45, 7) is 10.4. The standard InChI is InChI=1S/C13H25NO2/c1-12(2)9-14-13(3,16-10-12)8-11-4-6-15-7-5-11/h11,14H,4-10H2,1-3H3. The van der Waals surface area contributed by atoms with E-state index in [1.54, 1.807) is 0 Å². The van der Waals surface area contributed by atoms with Gasteiger partial charge in [-0.05, 0) is 32.1 Å². The molecule has 0 aromatic heterocycles. The zero-order valence-electron chi connectivity index (χ0n) is 10.8. The van der Waals surface area contributed by atoms with E-state index in [1.165, 1.54) is 12.8 Å². The largest absolute Gasteiger partial charge is 0.381 e. The van der Waals surface area contributed by atoms with Gasteiger partial charge in [0.15, 0.2) is 0 Å². The molecule has 0 spiro atoms. The third-order valence-corrected chi connectivity index (χ3v) is 3.74. The molecule has 2 aliphatic rings. The maximum Gasteiger partial charge on any atom is 0.116 e. The molecule has 1 atom stereocenters. The van der Waals surface area contributed by atoms with Crippen LogP contribution in [0, 0.1) is 11.3 Å². The number of nitrogens with one attached hydrogen (secondary N) is 1. The first kappa shape index (κ1) is 12.3. The Labute approximate surface area is 98.9 Å². The van der Waals surface area contributed by atoms with Crippen molar-refractivity contribution in [3.05, 3.63) is 0 Å². The smallest absolute Gasteiger partial charge is 0.116 e. The van der Waals surface area contributed by atoms with Gasteiger partial charge in [0.25, 0.3) is 0 Å². The van der Waals surface area contributed by atoms with Gasteiger partial charge >= 0.3 is 0 Å². The molecule has 1 N–H and O–H groups in total. The lowest BCUT2D eigenvalue weighted by molar-refractivity contribution is -0.140. The average molecular weight is 227 g/mol. The minimum absolute atomic E-state index is 0.114. The molecule has 0 amide bonds. The summed E-state index contributed by atoms with van der Waals surface area (Å²) in [5, 5.41) is 3.57. The van der Waals surface area contributed by atoms with E-state index in [4.69, 9.17) is 9.47 Å². The number of ether oxygens (including phenoxy) is 2. The third-order valence-electron chi connectivity index (χ3n) is 3.74. The highest BCUT2D eigenvalue weighted by molar-refractivity contribution is 4.86. The molecule has 94 valence electrons. The van der Waals surface area contributed by atoms with Crippen molar-refractivity contribution in [2.45, 2.75) is 45.8 Å². The van der Waals surface area contributed by atoms with E-state index < -0.39 is 0 Å². The molecule has 3 heteroatoms. The van der Waals surface area contributed by atoms with Gasteiger partial charge in [-0.2, -0.15) is 0 Å². The van der Waals surface area contributed by atoms with Crippen LogP contribution in [0.5, 0.6) is 0 Å². The second kappa shape index (κ2) is 4.63. The Morgan fingerprint density at radius 3 is 2.44 bits per heavy atom. The summed E-state index contributed by atoms with van der Waals surface area (Å²) in [6, 6.07) is 0. The maximum absolute atomic E-state index is 6.03. The van der Waals surface area contributed by atoms with Gasteiger partial charge in [0.1, 0.15) is 5.72 Å². The van der Waals surface area contributed by atoms with E-state index in [-0.39, 0.29) is 11.1 Å². The second-order valence-electron chi connectivity index (χ2n) is 6.30. The van der Waals surface area contributed by atoms with Gasteiger partial charge in [0, 0.05) is 25.2 Å². The van der Waals surface area contributed by atoms with Gasteiger partial charge in [-0.15, -0.1) is 0 Å². The van der Waals surface area contributed by atoms with Gasteiger partial charge in [0.05, 0.1) is 6.61 Å². The highest BCUT2D eigenvalue weighted by Crippen LogP contribution is 2.31. The minimum Gasteiger partial charge on any atom is -0.381 e. The maximum atomic E-state index is 6.03. The SMILES string of the molecule is CC1(C)CNC(C)(CC2CCOCC2)OC1. The number of hydrogen-bond acceptors (Lipinski definition) is 3. The second-order valence-corrected chi connectivity index (χ2v) is 6.30. The molecule has 2 saturated heterocycles. The van der Waals surface area contributed by atoms with Crippen molar-refractivity contribution in [3.8, 4) is 0 Å². The zero-order chi connectivity index (χ0) is 11.6. The molecule has 2 aliphatic heterocycles. The molecule has 0 aromatic carbocycles. The van der Waals surface area contributed by atoms with Crippen molar-refractivity contribution in [3.63, 3.8) is 0 Å². The first-order chi connectivity index (χ1) is 7.49. The van der Waals surface area contributed by atoms with Crippen LogP contribution in [0.25, 0.3) is 0 Å². The topological polar surface area (TPSA) is 30.5 Å². The number of hydrogen-bond donors (Lipinski definition) is 1. The Morgan fingerprint density at radius 1 is 1.19 bits per heavy atom. The molecule has 0 bridgehead atoms. The Bertz CT molecular complexity index is 224. The molecule has 0 saturated carbocycles. The van der Waals surface area contributed by atoms with Crippen LogP contribution in [0.2, 0.25) is 0 Å². The van der Waals surface area contributed by atoms with Crippen LogP contribution in [-0.2, 0) is 9.47 Å². The van der Waals surface area contributed by atoms with Crippen LogP contribution >= 0.6 is 0 Å². The van der Waals surface area contributed by atoms with Crippen LogP contribution in [0.4, 0.5) is 0 Å². The summed E-state index contributed by atoms with van der Waals surface area (Å²) in [7, 11) is 0. The van der Waals surface area contributed by atoms with E-state index in [0.29, 0.717) is 0 Å². The van der Waals surface area contributed by atoms with Crippen molar-refractivity contribution in [1.29, 1.82) is 0 Å². The highest BCUT2D eigenvalue weighted by atomic mass is 16.5. The quantitative estimate of drug-likeness (QED) is 0.784. The molecule has 3 nitrogen and oxygen atoms in total. The Hall–Kier alpha value is -0.120. The summed E-state index contributed by atoms with van der Waals surface area (Å²) in [6.07, 6.45) is 3.49. The fourth-order valence-corrected chi connectivity index (χ4v) is 2.52. The van der Waals surface area contributed by atoms with Crippen molar-refractivity contribution in [2.24, 2.45) is 11.3 Å². The van der Waals surface area contributed by atoms with Crippen LogP contribution in [0.15, 0.2) is 0 Å². The van der Waals surface area contributed by atoms with Crippen molar-refractivity contribution in [1.82, 2.24) is 5.32 Å². The summed E-state index contributed by atoms with van der Waals surface area (Å²) < 4.78 is 11.4. The van der Waals surface area contributed by atoms with Gasteiger partial charge < -0.3 is 9.47 Å². The Morgan fingerprint density at radius 2 is 1.88 bits per heavy atom. The Balaban J connectivity index is 1.84. The summed E-state index contributed by atoms with van der Waals surface area (Å²) in [5.74, 6) is 0.757. The molecule has 2 heterocycles. The predicted molar refractivity (Wildman–Crippen MR) is 64.3 cm³/mol. The van der Waals surface area contributed by atoms with Crippen molar-refractivity contribution < 1.29 is 9.47 Å². The van der Waals surface area contributed by atoms with Gasteiger partial charge in [0.2, 0.25) is 0 Å². The average Bonchev–Trinajstić information content (AvgIpc) is 2.25. The first-order valence-corrected chi connectivity index (χ1v) is 6.46. The minimum atomic E-state index is -0.114. The van der Waals surface area contributed by atoms with E-state index in [0.717, 1.165) is 38.7 Å². The fraction of sp³-hybridized carbons (Fsp3) is 1.00. The summed E-state index contributed by atoms with van der Waals surface area (Å²) in [4.78, 5) is 0. The van der Waals surface area contributed by atoms with Gasteiger partial charge in [-0.1, -0.05) is 13.8 Å². The molecule has 0 aliphatic carbocycles. The molecule has 0 radical (unpaired) electrons. The molecule has 2 rings (SSSR count). The van der Waals surface area contributed by atoms with Gasteiger partial charge in [-0.25, -0.2) is 0 Å². The summed E-state index contributed by atoms with van der Waals surface area (Å²) in [5.41, 5.74) is 0.159. The lowest BCUT2D eigenvalue weighted by atomic mass is 9.87. The van der Waals surface area contributed by atoms with E-state index in [1.807, 2.05) is 0 Å². The molecule has 2 fully saturated rings. The van der Waals surface area contributed by atoms with Gasteiger partial charge in [-0.3, -0.25) is 5.32 Å². The molecule has 0 aromatic rings. The van der Waals surface area contributed by atoms with Crippen LogP contribution in [0.3, 0.4) is 0 Å². The molecular formula is C13H25NO2. The molecule has 1 unspecified atom stereocenters.